The first-order valence-corrected chi connectivity index (χ1v) is 7.47. The van der Waals surface area contributed by atoms with Crippen molar-refractivity contribution in [2.45, 2.75) is 31.3 Å². The molecule has 2 fully saturated rings. The van der Waals surface area contributed by atoms with Crippen molar-refractivity contribution in [1.29, 1.82) is 5.26 Å². The van der Waals surface area contributed by atoms with Crippen molar-refractivity contribution in [3.63, 3.8) is 0 Å². The SMILES string of the molecule is CN1CCN2CCC[C@@]2(C)C1C/[SH](=O)=N\C#N. The molecule has 2 aliphatic heterocycles. The van der Waals surface area contributed by atoms with E-state index in [2.05, 4.69) is 28.1 Å². The van der Waals surface area contributed by atoms with Crippen LogP contribution in [0.2, 0.25) is 0 Å². The molecule has 0 aromatic heterocycles. The number of rotatable bonds is 2. The summed E-state index contributed by atoms with van der Waals surface area (Å²) in [5.74, 6) is 0.506. The Morgan fingerprint density at radius 1 is 1.53 bits per heavy atom. The Morgan fingerprint density at radius 3 is 3.00 bits per heavy atom. The van der Waals surface area contributed by atoms with E-state index in [1.54, 1.807) is 6.19 Å². The van der Waals surface area contributed by atoms with Gasteiger partial charge in [-0.05, 0) is 33.4 Å². The Bertz CT molecular complexity index is 412. The van der Waals surface area contributed by atoms with Gasteiger partial charge in [-0.2, -0.15) is 5.26 Å². The molecule has 0 saturated carbocycles. The Labute approximate surface area is 105 Å². The van der Waals surface area contributed by atoms with Crippen molar-refractivity contribution in [1.82, 2.24) is 9.80 Å². The Hall–Kier alpha value is -0.640. The van der Waals surface area contributed by atoms with E-state index in [0.717, 1.165) is 26.1 Å². The van der Waals surface area contributed by atoms with Crippen LogP contribution in [0.5, 0.6) is 0 Å². The van der Waals surface area contributed by atoms with Gasteiger partial charge in [0.25, 0.3) is 0 Å². The average molecular weight is 256 g/mol. The zero-order chi connectivity index (χ0) is 12.5. The van der Waals surface area contributed by atoms with Crippen molar-refractivity contribution >= 4 is 10.6 Å². The van der Waals surface area contributed by atoms with Crippen molar-refractivity contribution < 1.29 is 4.21 Å². The molecule has 3 atom stereocenters. The van der Waals surface area contributed by atoms with Gasteiger partial charge in [0.15, 0.2) is 0 Å². The minimum atomic E-state index is -1.74. The molecule has 5 nitrogen and oxygen atoms in total. The first-order valence-electron chi connectivity index (χ1n) is 6.07. The lowest BCUT2D eigenvalue weighted by atomic mass is 9.87. The van der Waals surface area contributed by atoms with Crippen LogP contribution in [0, 0.1) is 11.5 Å². The van der Waals surface area contributed by atoms with E-state index in [9.17, 15) is 4.21 Å². The molecule has 6 heteroatoms. The van der Waals surface area contributed by atoms with Gasteiger partial charge in [-0.1, -0.05) is 0 Å². The van der Waals surface area contributed by atoms with Gasteiger partial charge >= 0.3 is 0 Å². The summed E-state index contributed by atoms with van der Waals surface area (Å²) in [5, 5.41) is 8.46. The van der Waals surface area contributed by atoms with Crippen molar-refractivity contribution in [3.8, 4) is 6.19 Å². The highest BCUT2D eigenvalue weighted by atomic mass is 32.2. The van der Waals surface area contributed by atoms with E-state index in [-0.39, 0.29) is 11.6 Å². The van der Waals surface area contributed by atoms with E-state index < -0.39 is 10.6 Å². The van der Waals surface area contributed by atoms with Crippen LogP contribution in [0.15, 0.2) is 4.36 Å². The highest BCUT2D eigenvalue weighted by Gasteiger charge is 2.47. The van der Waals surface area contributed by atoms with Crippen LogP contribution in [-0.2, 0) is 10.6 Å². The number of thiol groups is 1. The molecule has 0 amide bonds. The van der Waals surface area contributed by atoms with Gasteiger partial charge in [-0.3, -0.25) is 14.0 Å². The summed E-state index contributed by atoms with van der Waals surface area (Å²) in [4.78, 5) is 4.79. The second-order valence-corrected chi connectivity index (χ2v) is 6.45. The first-order chi connectivity index (χ1) is 8.08. The maximum absolute atomic E-state index is 11.7. The predicted octanol–water partition coefficient (Wildman–Crippen LogP) is 0.301. The summed E-state index contributed by atoms with van der Waals surface area (Å²) in [6, 6.07) is 0.250. The van der Waals surface area contributed by atoms with Crippen molar-refractivity contribution in [2.24, 2.45) is 4.36 Å². The zero-order valence-electron chi connectivity index (χ0n) is 10.5. The molecule has 2 saturated heterocycles. The third-order valence-electron chi connectivity index (χ3n) is 4.29. The summed E-state index contributed by atoms with van der Waals surface area (Å²) in [7, 11) is 0.344. The third-order valence-corrected chi connectivity index (χ3v) is 5.26. The van der Waals surface area contributed by atoms with Crippen LogP contribution in [0.3, 0.4) is 0 Å². The minimum absolute atomic E-state index is 0.114. The zero-order valence-corrected chi connectivity index (χ0v) is 11.4. The Morgan fingerprint density at radius 2 is 2.29 bits per heavy atom. The normalized spacial score (nSPS) is 36.6. The molecule has 0 N–H and O–H groups in total. The second kappa shape index (κ2) is 4.92. The number of piperazine rings is 1. The molecule has 0 aromatic carbocycles. The molecule has 0 radical (unpaired) electrons. The van der Waals surface area contributed by atoms with Crippen molar-refractivity contribution in [3.05, 3.63) is 0 Å². The Kier molecular flexibility index (Phi) is 3.71. The topological polar surface area (TPSA) is 59.7 Å². The van der Waals surface area contributed by atoms with Gasteiger partial charge < -0.3 is 0 Å². The quantitative estimate of drug-likeness (QED) is 0.570. The molecule has 96 valence electrons. The first kappa shape index (κ1) is 12.8. The monoisotopic (exact) mass is 256 g/mol. The predicted molar refractivity (Wildman–Crippen MR) is 68.1 cm³/mol. The van der Waals surface area contributed by atoms with E-state index >= 15 is 0 Å². The number of likely N-dealkylation sites (N-methyl/N-ethyl adjacent to an activating group) is 1. The largest absolute Gasteiger partial charge is 0.299 e. The molecule has 0 aromatic rings. The summed E-state index contributed by atoms with van der Waals surface area (Å²) >= 11 is 0. The Balaban J connectivity index is 2.20. The smallest absolute Gasteiger partial charge is 0.214 e. The van der Waals surface area contributed by atoms with Gasteiger partial charge in [0.05, 0.1) is 10.6 Å². The fourth-order valence-corrected chi connectivity index (χ4v) is 4.42. The third kappa shape index (κ3) is 2.32. The lowest BCUT2D eigenvalue weighted by Gasteiger charge is -2.50. The van der Waals surface area contributed by atoms with Crippen LogP contribution in [-0.4, -0.2) is 58.0 Å². The molecule has 0 spiro atoms. The molecule has 2 unspecified atom stereocenters. The molecule has 0 aliphatic carbocycles. The standard InChI is InChI=1S/C11H20N4OS/c1-11-4-3-5-15(11)7-6-14(2)10(11)8-17(16)13-9-12/h10,17H,3-8H2,1-2H3/t10?,11-/m0/s1. The summed E-state index contributed by atoms with van der Waals surface area (Å²) in [5.41, 5.74) is 0.114. The van der Waals surface area contributed by atoms with Crippen LogP contribution in [0.4, 0.5) is 0 Å². The van der Waals surface area contributed by atoms with Gasteiger partial charge in [0, 0.05) is 30.4 Å². The van der Waals surface area contributed by atoms with Gasteiger partial charge in [-0.25, -0.2) is 0 Å². The fourth-order valence-electron chi connectivity index (χ4n) is 3.27. The molecular weight excluding hydrogens is 236 g/mol. The molecular formula is C11H20N4OS. The number of hydrogen-bond donors (Lipinski definition) is 1. The highest BCUT2D eigenvalue weighted by molar-refractivity contribution is 7.75. The summed E-state index contributed by atoms with van der Waals surface area (Å²) in [6.07, 6.45) is 4.02. The summed E-state index contributed by atoms with van der Waals surface area (Å²) < 4.78 is 15.2. The maximum Gasteiger partial charge on any atom is 0.214 e. The van der Waals surface area contributed by atoms with E-state index in [0.29, 0.717) is 5.75 Å². The van der Waals surface area contributed by atoms with Crippen LogP contribution in [0.25, 0.3) is 0 Å². The second-order valence-electron chi connectivity index (χ2n) is 5.18. The maximum atomic E-state index is 11.7. The van der Waals surface area contributed by atoms with E-state index in [4.69, 9.17) is 5.26 Å². The number of fused-ring (bicyclic) bond motifs is 1. The van der Waals surface area contributed by atoms with Gasteiger partial charge in [-0.15, -0.1) is 4.36 Å². The molecule has 2 heterocycles. The van der Waals surface area contributed by atoms with Crippen LogP contribution < -0.4 is 0 Å². The summed E-state index contributed by atoms with van der Waals surface area (Å²) in [6.45, 7) is 5.51. The van der Waals surface area contributed by atoms with Crippen LogP contribution >= 0.6 is 0 Å². The molecule has 17 heavy (non-hydrogen) atoms. The minimum Gasteiger partial charge on any atom is -0.299 e. The van der Waals surface area contributed by atoms with Gasteiger partial charge in [0.1, 0.15) is 0 Å². The van der Waals surface area contributed by atoms with E-state index in [1.807, 2.05) is 0 Å². The lowest BCUT2D eigenvalue weighted by Crippen LogP contribution is -2.64. The number of hydrogen-bond acceptors (Lipinski definition) is 5. The highest BCUT2D eigenvalue weighted by Crippen LogP contribution is 2.36. The van der Waals surface area contributed by atoms with Gasteiger partial charge in [0.2, 0.25) is 6.19 Å². The van der Waals surface area contributed by atoms with E-state index in [1.165, 1.54) is 6.42 Å². The fraction of sp³-hybridized carbons (Fsp3) is 0.909. The van der Waals surface area contributed by atoms with Crippen molar-refractivity contribution in [2.75, 3.05) is 32.4 Å². The molecule has 0 bridgehead atoms. The molecule has 2 aliphatic rings. The average Bonchev–Trinajstić information content (AvgIpc) is 2.66. The lowest BCUT2D eigenvalue weighted by molar-refractivity contribution is 0.00658. The number of nitriles is 1. The molecule has 2 rings (SSSR count). The van der Waals surface area contributed by atoms with Crippen LogP contribution in [0.1, 0.15) is 19.8 Å². The number of nitrogens with zero attached hydrogens (tertiary/aromatic N) is 4.